The molecule has 0 N–H and O–H groups in total. The molecule has 0 spiro atoms. The third kappa shape index (κ3) is 2.66. The van der Waals surface area contributed by atoms with Gasteiger partial charge in [0.1, 0.15) is 12.0 Å². The Labute approximate surface area is 149 Å². The second-order valence-corrected chi connectivity index (χ2v) is 7.74. The van der Waals surface area contributed by atoms with Crippen molar-refractivity contribution >= 4 is 0 Å². The highest BCUT2D eigenvalue weighted by Gasteiger charge is 2.41. The van der Waals surface area contributed by atoms with Crippen LogP contribution in [-0.4, -0.2) is 30.5 Å². The molecule has 3 nitrogen and oxygen atoms in total. The van der Waals surface area contributed by atoms with E-state index in [1.807, 2.05) is 6.07 Å². The molecule has 1 fully saturated rings. The fourth-order valence-electron chi connectivity index (χ4n) is 5.05. The van der Waals surface area contributed by atoms with Crippen LogP contribution in [0.15, 0.2) is 48.5 Å². The van der Waals surface area contributed by atoms with Crippen molar-refractivity contribution in [3.8, 4) is 5.75 Å². The van der Waals surface area contributed by atoms with Crippen molar-refractivity contribution in [1.29, 1.82) is 0 Å². The third-order valence-electron chi connectivity index (χ3n) is 6.26. The quantitative estimate of drug-likeness (QED) is 0.776. The summed E-state index contributed by atoms with van der Waals surface area (Å²) in [5.41, 5.74) is 4.40. The molecule has 2 heterocycles. The van der Waals surface area contributed by atoms with Gasteiger partial charge in [-0.2, -0.15) is 0 Å². The van der Waals surface area contributed by atoms with E-state index in [1.54, 1.807) is 0 Å². The number of para-hydroxylation sites is 1. The molecule has 2 aromatic rings. The van der Waals surface area contributed by atoms with E-state index in [-0.39, 0.29) is 6.23 Å². The molecule has 3 unspecified atom stereocenters. The van der Waals surface area contributed by atoms with Gasteiger partial charge >= 0.3 is 0 Å². The third-order valence-corrected chi connectivity index (χ3v) is 6.26. The lowest BCUT2D eigenvalue weighted by molar-refractivity contribution is -0.107. The predicted octanol–water partition coefficient (Wildman–Crippen LogP) is 4.29. The largest absolute Gasteiger partial charge is 0.467 e. The molecule has 0 aromatic heterocycles. The first-order valence-corrected chi connectivity index (χ1v) is 9.46. The van der Waals surface area contributed by atoms with Gasteiger partial charge < -0.3 is 9.47 Å². The van der Waals surface area contributed by atoms with Crippen molar-refractivity contribution in [3.05, 3.63) is 65.2 Å². The summed E-state index contributed by atoms with van der Waals surface area (Å²) < 4.78 is 12.0. The Balaban J connectivity index is 1.43. The average molecular weight is 335 g/mol. The van der Waals surface area contributed by atoms with E-state index >= 15 is 0 Å². The minimum absolute atomic E-state index is 0.181. The molecule has 0 saturated carbocycles. The Morgan fingerprint density at radius 3 is 2.68 bits per heavy atom. The number of hydrogen-bond acceptors (Lipinski definition) is 3. The monoisotopic (exact) mass is 335 g/mol. The van der Waals surface area contributed by atoms with Gasteiger partial charge in [-0.15, -0.1) is 0 Å². The number of rotatable bonds is 1. The number of ether oxygens (including phenoxy) is 2. The maximum absolute atomic E-state index is 6.12. The molecular formula is C22H25NO2. The van der Waals surface area contributed by atoms with Crippen molar-refractivity contribution in [2.45, 2.75) is 50.3 Å². The molecule has 2 aliphatic heterocycles. The maximum atomic E-state index is 6.12. The van der Waals surface area contributed by atoms with Crippen LogP contribution >= 0.6 is 0 Å². The Morgan fingerprint density at radius 1 is 0.960 bits per heavy atom. The molecule has 1 saturated heterocycles. The zero-order valence-electron chi connectivity index (χ0n) is 14.7. The van der Waals surface area contributed by atoms with Gasteiger partial charge in [0, 0.05) is 18.5 Å². The topological polar surface area (TPSA) is 21.7 Å². The van der Waals surface area contributed by atoms with E-state index in [4.69, 9.17) is 9.47 Å². The molecule has 4 atom stereocenters. The lowest BCUT2D eigenvalue weighted by Gasteiger charge is -2.38. The molecule has 2 bridgehead atoms. The van der Waals surface area contributed by atoms with Gasteiger partial charge in [-0.25, -0.2) is 0 Å². The summed E-state index contributed by atoms with van der Waals surface area (Å²) >= 11 is 0. The number of nitrogens with zero attached hydrogens (tertiary/aromatic N) is 1. The van der Waals surface area contributed by atoms with Crippen LogP contribution in [0.3, 0.4) is 0 Å². The molecule has 0 radical (unpaired) electrons. The van der Waals surface area contributed by atoms with Gasteiger partial charge in [-0.3, -0.25) is 4.90 Å². The van der Waals surface area contributed by atoms with Gasteiger partial charge in [0.2, 0.25) is 0 Å². The lowest BCUT2D eigenvalue weighted by Crippen LogP contribution is -2.44. The summed E-state index contributed by atoms with van der Waals surface area (Å²) in [5, 5.41) is 0. The van der Waals surface area contributed by atoms with E-state index in [1.165, 1.54) is 23.1 Å². The molecule has 2 aromatic carbocycles. The zero-order chi connectivity index (χ0) is 16.8. The predicted molar refractivity (Wildman–Crippen MR) is 97.8 cm³/mol. The van der Waals surface area contributed by atoms with Crippen molar-refractivity contribution in [2.24, 2.45) is 0 Å². The molecule has 3 heteroatoms. The molecule has 1 aliphatic carbocycles. The number of hydrogen-bond donors (Lipinski definition) is 0. The minimum atomic E-state index is 0.181. The van der Waals surface area contributed by atoms with Crippen LogP contribution < -0.4 is 4.74 Å². The summed E-state index contributed by atoms with van der Waals surface area (Å²) in [7, 11) is 0. The van der Waals surface area contributed by atoms with Crippen molar-refractivity contribution in [2.75, 3.05) is 13.3 Å². The molecule has 25 heavy (non-hydrogen) atoms. The first kappa shape index (κ1) is 15.4. The Kier molecular flexibility index (Phi) is 3.79. The highest BCUT2D eigenvalue weighted by Crippen LogP contribution is 2.42. The smallest absolute Gasteiger partial charge is 0.190 e. The van der Waals surface area contributed by atoms with Gasteiger partial charge in [0.05, 0.1) is 0 Å². The highest BCUT2D eigenvalue weighted by molar-refractivity contribution is 5.38. The van der Waals surface area contributed by atoms with Crippen LogP contribution in [0.1, 0.15) is 48.3 Å². The summed E-state index contributed by atoms with van der Waals surface area (Å²) in [6.45, 7) is 3.79. The maximum Gasteiger partial charge on any atom is 0.190 e. The molecule has 5 rings (SSSR count). The summed E-state index contributed by atoms with van der Waals surface area (Å²) in [5.74, 6) is 2.12. The minimum Gasteiger partial charge on any atom is -0.467 e. The first-order chi connectivity index (χ1) is 12.3. The van der Waals surface area contributed by atoms with E-state index in [0.717, 1.165) is 25.1 Å². The first-order valence-electron chi connectivity index (χ1n) is 9.46. The summed E-state index contributed by atoms with van der Waals surface area (Å²) in [4.78, 5) is 2.61. The van der Waals surface area contributed by atoms with Crippen molar-refractivity contribution in [3.63, 3.8) is 0 Å². The van der Waals surface area contributed by atoms with Crippen LogP contribution in [0.4, 0.5) is 0 Å². The van der Waals surface area contributed by atoms with Crippen LogP contribution in [0, 0.1) is 0 Å². The SMILES string of the molecule is CC1C[C@H](N2CC3CC2OCOc2ccccc23)Cc2ccccc21. The van der Waals surface area contributed by atoms with Crippen molar-refractivity contribution < 1.29 is 9.47 Å². The van der Waals surface area contributed by atoms with Gasteiger partial charge in [0.25, 0.3) is 0 Å². The van der Waals surface area contributed by atoms with Crippen LogP contribution in [0.5, 0.6) is 5.75 Å². The number of likely N-dealkylation sites (tertiary alicyclic amines) is 1. The fourth-order valence-corrected chi connectivity index (χ4v) is 5.05. The Bertz CT molecular complexity index is 774. The van der Waals surface area contributed by atoms with Gasteiger partial charge in [0.15, 0.2) is 6.79 Å². The van der Waals surface area contributed by atoms with Crippen LogP contribution in [0.25, 0.3) is 0 Å². The van der Waals surface area contributed by atoms with Gasteiger partial charge in [-0.05, 0) is 47.9 Å². The van der Waals surface area contributed by atoms with Crippen LogP contribution in [-0.2, 0) is 11.2 Å². The van der Waals surface area contributed by atoms with E-state index in [0.29, 0.717) is 24.7 Å². The van der Waals surface area contributed by atoms with E-state index < -0.39 is 0 Å². The molecule has 130 valence electrons. The van der Waals surface area contributed by atoms with E-state index in [9.17, 15) is 0 Å². The Hall–Kier alpha value is -1.84. The summed E-state index contributed by atoms with van der Waals surface area (Å²) in [6, 6.07) is 18.0. The second-order valence-electron chi connectivity index (χ2n) is 7.74. The number of benzene rings is 2. The van der Waals surface area contributed by atoms with Gasteiger partial charge in [-0.1, -0.05) is 49.4 Å². The van der Waals surface area contributed by atoms with E-state index in [2.05, 4.69) is 54.3 Å². The highest BCUT2D eigenvalue weighted by atomic mass is 16.7. The lowest BCUT2D eigenvalue weighted by atomic mass is 9.80. The van der Waals surface area contributed by atoms with Crippen LogP contribution in [0.2, 0.25) is 0 Å². The fraction of sp³-hybridized carbons (Fsp3) is 0.455. The van der Waals surface area contributed by atoms with Crippen molar-refractivity contribution in [1.82, 2.24) is 4.90 Å². The Morgan fingerprint density at radius 2 is 1.76 bits per heavy atom. The second kappa shape index (κ2) is 6.15. The average Bonchev–Trinajstić information content (AvgIpc) is 3.07. The molecular weight excluding hydrogens is 310 g/mol. The normalized spacial score (nSPS) is 31.4. The number of fused-ring (bicyclic) bond motifs is 5. The standard InChI is InChI=1S/C22H25NO2/c1-15-10-18(11-16-6-2-3-7-19(15)16)23-13-17-12-22(23)25-14-24-21-9-5-4-8-20(17)21/h2-9,15,17-18,22H,10-14H2,1H3/t15?,17?,18-,22?/m0/s1. The summed E-state index contributed by atoms with van der Waals surface area (Å²) in [6.07, 6.45) is 3.61. The molecule has 3 aliphatic rings. The zero-order valence-corrected chi connectivity index (χ0v) is 14.7. The molecule has 0 amide bonds.